The standard InChI is InChI=1S/C21H22ClN5OS/c1-13-19(29-12-24-13)20(28)27-10-4-5-17(27)18-16(11-23-21(25-18)26(2)3)14-6-8-15(22)9-7-14/h6-9,11-12,17H,4-5,10H2,1-3H3. The summed E-state index contributed by atoms with van der Waals surface area (Å²) in [5, 5.41) is 0.680. The Kier molecular flexibility index (Phi) is 5.52. The fourth-order valence-electron chi connectivity index (χ4n) is 3.64. The number of likely N-dealkylation sites (tertiary alicyclic amines) is 1. The molecule has 3 aromatic rings. The number of thiazole rings is 1. The molecule has 0 saturated carbocycles. The summed E-state index contributed by atoms with van der Waals surface area (Å²) in [6.07, 6.45) is 3.66. The minimum atomic E-state index is -0.101. The third kappa shape index (κ3) is 3.84. The van der Waals surface area contributed by atoms with Gasteiger partial charge in [0.05, 0.1) is 22.9 Å². The Morgan fingerprint density at radius 2 is 2.00 bits per heavy atom. The Morgan fingerprint density at radius 3 is 2.66 bits per heavy atom. The number of anilines is 1. The van der Waals surface area contributed by atoms with Crippen LogP contribution in [-0.4, -0.2) is 46.4 Å². The SMILES string of the molecule is Cc1ncsc1C(=O)N1CCCC1c1nc(N(C)C)ncc1-c1ccc(Cl)cc1. The van der Waals surface area contributed by atoms with Gasteiger partial charge in [-0.05, 0) is 37.5 Å². The Bertz CT molecular complexity index is 1030. The Labute approximate surface area is 179 Å². The number of halogens is 1. The molecular formula is C21H22ClN5OS. The summed E-state index contributed by atoms with van der Waals surface area (Å²) in [5.41, 5.74) is 5.29. The van der Waals surface area contributed by atoms with Gasteiger partial charge in [0.15, 0.2) is 0 Å². The van der Waals surface area contributed by atoms with Gasteiger partial charge >= 0.3 is 0 Å². The van der Waals surface area contributed by atoms with E-state index in [1.165, 1.54) is 11.3 Å². The zero-order valence-corrected chi connectivity index (χ0v) is 18.2. The second-order valence-corrected chi connectivity index (χ2v) is 8.58. The van der Waals surface area contributed by atoms with Crippen molar-refractivity contribution < 1.29 is 4.79 Å². The number of hydrogen-bond donors (Lipinski definition) is 0. The Morgan fingerprint density at radius 1 is 1.24 bits per heavy atom. The van der Waals surface area contributed by atoms with Crippen molar-refractivity contribution in [3.05, 3.63) is 57.3 Å². The Balaban J connectivity index is 1.79. The third-order valence-corrected chi connectivity index (χ3v) is 6.30. The highest BCUT2D eigenvalue weighted by atomic mass is 35.5. The monoisotopic (exact) mass is 427 g/mol. The van der Waals surface area contributed by atoms with Gasteiger partial charge in [-0.15, -0.1) is 11.3 Å². The van der Waals surface area contributed by atoms with E-state index >= 15 is 0 Å². The molecule has 0 bridgehead atoms. The van der Waals surface area contributed by atoms with Gasteiger partial charge in [0.1, 0.15) is 4.88 Å². The molecule has 1 amide bonds. The highest BCUT2D eigenvalue weighted by Crippen LogP contribution is 2.38. The van der Waals surface area contributed by atoms with Crippen LogP contribution in [0, 0.1) is 6.92 Å². The van der Waals surface area contributed by atoms with Gasteiger partial charge in [-0.25, -0.2) is 15.0 Å². The van der Waals surface area contributed by atoms with Crippen LogP contribution < -0.4 is 4.90 Å². The van der Waals surface area contributed by atoms with Crippen LogP contribution in [-0.2, 0) is 0 Å². The lowest BCUT2D eigenvalue weighted by Crippen LogP contribution is -2.31. The summed E-state index contributed by atoms with van der Waals surface area (Å²) >= 11 is 7.47. The molecule has 0 radical (unpaired) electrons. The van der Waals surface area contributed by atoms with Crippen molar-refractivity contribution >= 4 is 34.8 Å². The highest BCUT2D eigenvalue weighted by Gasteiger charge is 2.35. The van der Waals surface area contributed by atoms with Gasteiger partial charge in [-0.2, -0.15) is 0 Å². The lowest BCUT2D eigenvalue weighted by molar-refractivity contribution is 0.0737. The summed E-state index contributed by atoms with van der Waals surface area (Å²) in [6, 6.07) is 7.55. The third-order valence-electron chi connectivity index (χ3n) is 5.13. The average molecular weight is 428 g/mol. The fraction of sp³-hybridized carbons (Fsp3) is 0.333. The van der Waals surface area contributed by atoms with E-state index in [2.05, 4.69) is 9.97 Å². The lowest BCUT2D eigenvalue weighted by Gasteiger charge is -2.26. The van der Waals surface area contributed by atoms with E-state index in [9.17, 15) is 4.79 Å². The molecule has 1 saturated heterocycles. The van der Waals surface area contributed by atoms with Crippen LogP contribution >= 0.6 is 22.9 Å². The second-order valence-electron chi connectivity index (χ2n) is 7.29. The molecule has 1 unspecified atom stereocenters. The molecule has 0 N–H and O–H groups in total. The molecule has 0 aliphatic carbocycles. The first kappa shape index (κ1) is 19.8. The molecule has 4 rings (SSSR count). The molecule has 0 spiro atoms. The highest BCUT2D eigenvalue weighted by molar-refractivity contribution is 7.11. The van der Waals surface area contributed by atoms with Gasteiger partial charge in [0, 0.05) is 37.4 Å². The molecule has 2 aromatic heterocycles. The number of nitrogens with zero attached hydrogens (tertiary/aromatic N) is 5. The average Bonchev–Trinajstić information content (AvgIpc) is 3.36. The minimum Gasteiger partial charge on any atom is -0.347 e. The van der Waals surface area contributed by atoms with Crippen molar-refractivity contribution in [2.24, 2.45) is 0 Å². The number of carbonyl (C=O) groups is 1. The van der Waals surface area contributed by atoms with Crippen molar-refractivity contribution in [1.82, 2.24) is 19.9 Å². The molecule has 3 heterocycles. The molecule has 1 aromatic carbocycles. The first-order valence-corrected chi connectivity index (χ1v) is 10.7. The quantitative estimate of drug-likeness (QED) is 0.608. The van der Waals surface area contributed by atoms with Crippen molar-refractivity contribution in [3.8, 4) is 11.1 Å². The van der Waals surface area contributed by atoms with E-state index in [-0.39, 0.29) is 11.9 Å². The summed E-state index contributed by atoms with van der Waals surface area (Å²) in [7, 11) is 3.83. The smallest absolute Gasteiger partial charge is 0.266 e. The lowest BCUT2D eigenvalue weighted by atomic mass is 9.99. The number of rotatable bonds is 4. The molecular weight excluding hydrogens is 406 g/mol. The van der Waals surface area contributed by atoms with E-state index in [1.54, 1.807) is 5.51 Å². The van der Waals surface area contributed by atoms with Crippen LogP contribution in [0.2, 0.25) is 5.02 Å². The summed E-state index contributed by atoms with van der Waals surface area (Å²) < 4.78 is 0. The number of aromatic nitrogens is 3. The van der Waals surface area contributed by atoms with Crippen LogP contribution in [0.25, 0.3) is 11.1 Å². The zero-order valence-electron chi connectivity index (χ0n) is 16.6. The van der Waals surface area contributed by atoms with Crippen molar-refractivity contribution in [2.75, 3.05) is 25.5 Å². The summed E-state index contributed by atoms with van der Waals surface area (Å²) in [6.45, 7) is 2.59. The van der Waals surface area contributed by atoms with Gasteiger partial charge in [-0.3, -0.25) is 4.79 Å². The summed E-state index contributed by atoms with van der Waals surface area (Å²) in [4.78, 5) is 31.4. The molecule has 1 aliphatic heterocycles. The van der Waals surface area contributed by atoms with E-state index in [0.29, 0.717) is 22.4 Å². The summed E-state index contributed by atoms with van der Waals surface area (Å²) in [5.74, 6) is 0.658. The van der Waals surface area contributed by atoms with E-state index in [0.717, 1.165) is 35.4 Å². The van der Waals surface area contributed by atoms with Crippen LogP contribution in [0.5, 0.6) is 0 Å². The second kappa shape index (κ2) is 8.08. The Hall–Kier alpha value is -2.51. The number of amides is 1. The van der Waals surface area contributed by atoms with Gasteiger partial charge < -0.3 is 9.80 Å². The molecule has 8 heteroatoms. The normalized spacial score (nSPS) is 16.3. The van der Waals surface area contributed by atoms with E-state index in [1.807, 2.05) is 61.3 Å². The molecule has 150 valence electrons. The van der Waals surface area contributed by atoms with Crippen LogP contribution in [0.4, 0.5) is 5.95 Å². The number of benzene rings is 1. The van der Waals surface area contributed by atoms with Gasteiger partial charge in [0.2, 0.25) is 5.95 Å². The maximum absolute atomic E-state index is 13.2. The fourth-order valence-corrected chi connectivity index (χ4v) is 4.52. The number of carbonyl (C=O) groups excluding carboxylic acids is 1. The predicted octanol–water partition coefficient (Wildman–Crippen LogP) is 4.61. The van der Waals surface area contributed by atoms with Crippen molar-refractivity contribution in [1.29, 1.82) is 0 Å². The predicted molar refractivity (Wildman–Crippen MR) is 117 cm³/mol. The zero-order chi connectivity index (χ0) is 20.5. The maximum Gasteiger partial charge on any atom is 0.266 e. The van der Waals surface area contributed by atoms with Gasteiger partial charge in [0.25, 0.3) is 5.91 Å². The molecule has 1 aliphatic rings. The van der Waals surface area contributed by atoms with Crippen LogP contribution in [0.1, 0.15) is 39.9 Å². The van der Waals surface area contributed by atoms with Crippen molar-refractivity contribution in [2.45, 2.75) is 25.8 Å². The molecule has 1 atom stereocenters. The van der Waals surface area contributed by atoms with E-state index < -0.39 is 0 Å². The minimum absolute atomic E-state index is 0.0274. The van der Waals surface area contributed by atoms with Crippen molar-refractivity contribution in [3.63, 3.8) is 0 Å². The number of hydrogen-bond acceptors (Lipinski definition) is 6. The first-order valence-electron chi connectivity index (χ1n) is 9.47. The topological polar surface area (TPSA) is 62.2 Å². The largest absolute Gasteiger partial charge is 0.347 e. The number of aryl methyl sites for hydroxylation is 1. The van der Waals surface area contributed by atoms with Crippen LogP contribution in [0.3, 0.4) is 0 Å². The maximum atomic E-state index is 13.2. The molecule has 6 nitrogen and oxygen atoms in total. The first-order chi connectivity index (χ1) is 14.0. The van der Waals surface area contributed by atoms with E-state index in [4.69, 9.17) is 16.6 Å². The van der Waals surface area contributed by atoms with Gasteiger partial charge in [-0.1, -0.05) is 23.7 Å². The molecule has 1 fully saturated rings. The molecule has 29 heavy (non-hydrogen) atoms. The van der Waals surface area contributed by atoms with Crippen LogP contribution in [0.15, 0.2) is 36.0 Å².